The molecule has 0 saturated heterocycles. The first kappa shape index (κ1) is 14.6. The van der Waals surface area contributed by atoms with Crippen LogP contribution in [0, 0.1) is 0 Å². The quantitative estimate of drug-likeness (QED) is 0.494. The molecule has 0 amide bonds. The SMILES string of the molecule is CSc1ccc([C@@H]2Nc3ccccc3-c3nc4ccccc4n32)cc1. The Bertz CT molecular complexity index is 1070. The summed E-state index contributed by atoms with van der Waals surface area (Å²) in [5, 5.41) is 3.70. The highest BCUT2D eigenvalue weighted by molar-refractivity contribution is 7.98. The van der Waals surface area contributed by atoms with Gasteiger partial charge in [0, 0.05) is 16.1 Å². The van der Waals surface area contributed by atoms with E-state index in [-0.39, 0.29) is 6.17 Å². The van der Waals surface area contributed by atoms with Crippen LogP contribution in [0.5, 0.6) is 0 Å². The minimum Gasteiger partial charge on any atom is -0.361 e. The van der Waals surface area contributed by atoms with E-state index < -0.39 is 0 Å². The van der Waals surface area contributed by atoms with E-state index in [0.29, 0.717) is 0 Å². The van der Waals surface area contributed by atoms with Crippen LogP contribution in [0.15, 0.2) is 77.7 Å². The van der Waals surface area contributed by atoms with Gasteiger partial charge in [-0.1, -0.05) is 36.4 Å². The predicted octanol–water partition coefficient (Wildman–Crippen LogP) is 5.40. The standard InChI is InChI=1S/C21H17N3S/c1-25-15-12-10-14(11-13-15)20-22-17-7-3-2-6-16(17)21-23-18-8-4-5-9-19(18)24(20)21/h2-13,20,22H,1H3/t20-/m1/s1. The van der Waals surface area contributed by atoms with Crippen molar-refractivity contribution in [3.8, 4) is 11.4 Å². The summed E-state index contributed by atoms with van der Waals surface area (Å²) in [6, 6.07) is 25.5. The third kappa shape index (κ3) is 2.25. The third-order valence-electron chi connectivity index (χ3n) is 4.75. The van der Waals surface area contributed by atoms with Gasteiger partial charge in [-0.2, -0.15) is 0 Å². The maximum atomic E-state index is 4.92. The molecule has 122 valence electrons. The van der Waals surface area contributed by atoms with Gasteiger partial charge in [0.15, 0.2) is 0 Å². The number of fused-ring (bicyclic) bond motifs is 5. The molecule has 0 bridgehead atoms. The van der Waals surface area contributed by atoms with Crippen molar-refractivity contribution in [3.05, 3.63) is 78.4 Å². The van der Waals surface area contributed by atoms with E-state index in [1.54, 1.807) is 11.8 Å². The van der Waals surface area contributed by atoms with Crippen molar-refractivity contribution < 1.29 is 0 Å². The zero-order valence-corrected chi connectivity index (χ0v) is 14.6. The van der Waals surface area contributed by atoms with Gasteiger partial charge >= 0.3 is 0 Å². The Labute approximate surface area is 150 Å². The average molecular weight is 343 g/mol. The van der Waals surface area contributed by atoms with Crippen LogP contribution < -0.4 is 5.32 Å². The molecular weight excluding hydrogens is 326 g/mol. The molecule has 0 aliphatic carbocycles. The summed E-state index contributed by atoms with van der Waals surface area (Å²) in [4.78, 5) is 6.20. The number of aromatic nitrogens is 2. The topological polar surface area (TPSA) is 29.9 Å². The van der Waals surface area contributed by atoms with Gasteiger partial charge in [-0.25, -0.2) is 4.98 Å². The first-order valence-electron chi connectivity index (χ1n) is 8.32. The van der Waals surface area contributed by atoms with E-state index in [1.165, 1.54) is 10.5 Å². The van der Waals surface area contributed by atoms with Gasteiger partial charge < -0.3 is 5.32 Å². The number of imidazole rings is 1. The van der Waals surface area contributed by atoms with E-state index in [0.717, 1.165) is 28.1 Å². The lowest BCUT2D eigenvalue weighted by Gasteiger charge is -2.30. The van der Waals surface area contributed by atoms with Crippen molar-refractivity contribution in [3.63, 3.8) is 0 Å². The van der Waals surface area contributed by atoms with Crippen LogP contribution in [0.4, 0.5) is 5.69 Å². The molecule has 1 aliphatic rings. The molecule has 0 fully saturated rings. The first-order valence-corrected chi connectivity index (χ1v) is 9.54. The Morgan fingerprint density at radius 1 is 0.920 bits per heavy atom. The van der Waals surface area contributed by atoms with Gasteiger partial charge in [-0.15, -0.1) is 11.8 Å². The van der Waals surface area contributed by atoms with Crippen LogP contribution in [0.3, 0.4) is 0 Å². The molecule has 1 aromatic heterocycles. The molecule has 0 spiro atoms. The number of para-hydroxylation sites is 3. The minimum atomic E-state index is 0.0354. The summed E-state index contributed by atoms with van der Waals surface area (Å²) in [5.74, 6) is 1.02. The van der Waals surface area contributed by atoms with Crippen LogP contribution in [0.1, 0.15) is 11.7 Å². The van der Waals surface area contributed by atoms with Crippen LogP contribution in [0.2, 0.25) is 0 Å². The number of rotatable bonds is 2. The summed E-state index contributed by atoms with van der Waals surface area (Å²) in [5.41, 5.74) is 5.69. The van der Waals surface area contributed by atoms with Gasteiger partial charge in [0.25, 0.3) is 0 Å². The molecule has 25 heavy (non-hydrogen) atoms. The van der Waals surface area contributed by atoms with Crippen molar-refractivity contribution in [2.24, 2.45) is 0 Å². The molecular formula is C21H17N3S. The minimum absolute atomic E-state index is 0.0354. The smallest absolute Gasteiger partial charge is 0.145 e. The van der Waals surface area contributed by atoms with E-state index in [1.807, 2.05) is 6.07 Å². The lowest BCUT2D eigenvalue weighted by molar-refractivity contribution is 0.668. The number of thioether (sulfide) groups is 1. The highest BCUT2D eigenvalue weighted by Crippen LogP contribution is 2.40. The molecule has 0 unspecified atom stereocenters. The molecule has 2 heterocycles. The summed E-state index contributed by atoms with van der Waals surface area (Å²) < 4.78 is 2.31. The largest absolute Gasteiger partial charge is 0.361 e. The second-order valence-corrected chi connectivity index (χ2v) is 7.04. The molecule has 3 nitrogen and oxygen atoms in total. The summed E-state index contributed by atoms with van der Waals surface area (Å²) in [7, 11) is 0. The van der Waals surface area contributed by atoms with Gasteiger partial charge in [-0.05, 0) is 48.2 Å². The monoisotopic (exact) mass is 343 g/mol. The molecule has 1 atom stereocenters. The van der Waals surface area contributed by atoms with Gasteiger partial charge in [0.1, 0.15) is 12.0 Å². The maximum absolute atomic E-state index is 4.92. The van der Waals surface area contributed by atoms with Crippen molar-refractivity contribution in [1.82, 2.24) is 9.55 Å². The fourth-order valence-corrected chi connectivity index (χ4v) is 3.94. The summed E-state index contributed by atoms with van der Waals surface area (Å²) >= 11 is 1.76. The number of nitrogens with zero attached hydrogens (tertiary/aromatic N) is 2. The van der Waals surface area contributed by atoms with E-state index in [4.69, 9.17) is 4.98 Å². The summed E-state index contributed by atoms with van der Waals surface area (Å²) in [6.45, 7) is 0. The highest BCUT2D eigenvalue weighted by Gasteiger charge is 2.27. The van der Waals surface area contributed by atoms with Crippen molar-refractivity contribution in [2.45, 2.75) is 11.1 Å². The zero-order valence-electron chi connectivity index (χ0n) is 13.8. The molecule has 0 radical (unpaired) electrons. The molecule has 0 saturated carbocycles. The van der Waals surface area contributed by atoms with Gasteiger partial charge in [-0.3, -0.25) is 4.57 Å². The second kappa shape index (κ2) is 5.67. The highest BCUT2D eigenvalue weighted by atomic mass is 32.2. The Morgan fingerprint density at radius 3 is 2.52 bits per heavy atom. The van der Waals surface area contributed by atoms with Crippen LogP contribution in [-0.2, 0) is 0 Å². The Kier molecular flexibility index (Phi) is 3.31. The molecule has 5 rings (SSSR count). The van der Waals surface area contributed by atoms with Crippen molar-refractivity contribution in [1.29, 1.82) is 0 Å². The van der Waals surface area contributed by atoms with Crippen LogP contribution in [0.25, 0.3) is 22.4 Å². The first-order chi connectivity index (χ1) is 12.3. The molecule has 4 aromatic rings. The van der Waals surface area contributed by atoms with Crippen molar-refractivity contribution in [2.75, 3.05) is 11.6 Å². The molecule has 3 aromatic carbocycles. The second-order valence-electron chi connectivity index (χ2n) is 6.16. The normalized spacial score (nSPS) is 15.5. The van der Waals surface area contributed by atoms with E-state index in [2.05, 4.69) is 82.9 Å². The molecule has 1 N–H and O–H groups in total. The Balaban J connectivity index is 1.76. The maximum Gasteiger partial charge on any atom is 0.145 e. The van der Waals surface area contributed by atoms with Gasteiger partial charge in [0.05, 0.1) is 11.0 Å². The van der Waals surface area contributed by atoms with Crippen LogP contribution >= 0.6 is 11.8 Å². The number of hydrogen-bond acceptors (Lipinski definition) is 3. The number of anilines is 1. The van der Waals surface area contributed by atoms with Gasteiger partial charge in [0.2, 0.25) is 0 Å². The number of nitrogens with one attached hydrogen (secondary N) is 1. The average Bonchev–Trinajstić information content (AvgIpc) is 3.07. The molecule has 4 heteroatoms. The Morgan fingerprint density at radius 2 is 1.68 bits per heavy atom. The molecule has 1 aliphatic heterocycles. The lowest BCUT2D eigenvalue weighted by atomic mass is 10.1. The Hall–Kier alpha value is -2.72. The van der Waals surface area contributed by atoms with Crippen molar-refractivity contribution >= 4 is 28.5 Å². The van der Waals surface area contributed by atoms with E-state index in [9.17, 15) is 0 Å². The fourth-order valence-electron chi connectivity index (χ4n) is 3.53. The summed E-state index contributed by atoms with van der Waals surface area (Å²) in [6.07, 6.45) is 2.14. The third-order valence-corrected chi connectivity index (χ3v) is 5.49. The zero-order chi connectivity index (χ0) is 16.8. The van der Waals surface area contributed by atoms with E-state index >= 15 is 0 Å². The fraction of sp³-hybridized carbons (Fsp3) is 0.0952. The number of benzene rings is 3. The van der Waals surface area contributed by atoms with Crippen LogP contribution in [-0.4, -0.2) is 15.8 Å². The predicted molar refractivity (Wildman–Crippen MR) is 105 cm³/mol. The number of hydrogen-bond donors (Lipinski definition) is 1. The lowest BCUT2D eigenvalue weighted by Crippen LogP contribution is -2.24.